The Balaban J connectivity index is 1.67. The van der Waals surface area contributed by atoms with Crippen LogP contribution in [0.2, 0.25) is 0 Å². The van der Waals surface area contributed by atoms with Gasteiger partial charge in [0.25, 0.3) is 0 Å². The van der Waals surface area contributed by atoms with Gasteiger partial charge >= 0.3 is 19.7 Å². The number of esters is 1. The molecule has 0 spiro atoms. The summed E-state index contributed by atoms with van der Waals surface area (Å²) in [6.07, 6.45) is -4.73. The molecule has 1 atom stereocenters. The van der Waals surface area contributed by atoms with Crippen molar-refractivity contribution in [2.24, 2.45) is 5.41 Å². The van der Waals surface area contributed by atoms with Gasteiger partial charge in [-0.05, 0) is 38.1 Å². The van der Waals surface area contributed by atoms with E-state index in [0.717, 1.165) is 11.6 Å². The molecule has 222 valence electrons. The van der Waals surface area contributed by atoms with E-state index in [1.807, 2.05) is 56.1 Å². The molecule has 1 saturated heterocycles. The van der Waals surface area contributed by atoms with Crippen molar-refractivity contribution < 1.29 is 36.3 Å². The fourth-order valence-electron chi connectivity index (χ4n) is 5.01. The normalized spacial score (nSPS) is 20.7. The van der Waals surface area contributed by atoms with Gasteiger partial charge in [0.05, 0.1) is 35.6 Å². The fourth-order valence-corrected chi connectivity index (χ4v) is 7.45. The van der Waals surface area contributed by atoms with Crippen molar-refractivity contribution in [3.05, 3.63) is 93.6 Å². The number of likely N-dealkylation sites (N-methyl/N-ethyl adjacent to an activating group) is 1. The second-order valence-corrected chi connectivity index (χ2v) is 13.3. The third kappa shape index (κ3) is 7.12. The van der Waals surface area contributed by atoms with Gasteiger partial charge in [-0.25, -0.2) is 4.79 Å². The van der Waals surface area contributed by atoms with E-state index in [-0.39, 0.29) is 36.3 Å². The molecule has 4 rings (SSSR count). The number of allylic oxidation sites excluding steroid dienone is 3. The van der Waals surface area contributed by atoms with E-state index in [0.29, 0.717) is 24.5 Å². The van der Waals surface area contributed by atoms with Gasteiger partial charge in [0.2, 0.25) is 0 Å². The quantitative estimate of drug-likeness (QED) is 0.266. The predicted molar refractivity (Wildman–Crippen MR) is 150 cm³/mol. The minimum Gasteiger partial charge on any atom is -0.461 e. The summed E-state index contributed by atoms with van der Waals surface area (Å²) in [6, 6.07) is 14.7. The summed E-state index contributed by atoms with van der Waals surface area (Å²) in [5.41, 5.74) is 0.0262. The van der Waals surface area contributed by atoms with Gasteiger partial charge in [-0.3, -0.25) is 9.46 Å². The Kier molecular flexibility index (Phi) is 9.19. The van der Waals surface area contributed by atoms with E-state index in [2.05, 4.69) is 5.32 Å². The molecule has 0 amide bonds. The number of nitrogens with one attached hydrogen (secondary N) is 1. The van der Waals surface area contributed by atoms with Gasteiger partial charge in [-0.15, -0.1) is 0 Å². The first kappa shape index (κ1) is 31.0. The van der Waals surface area contributed by atoms with Crippen molar-refractivity contribution in [1.82, 2.24) is 10.2 Å². The Morgan fingerprint density at radius 1 is 1.05 bits per heavy atom. The molecule has 2 aromatic rings. The molecule has 1 fully saturated rings. The Bertz CT molecular complexity index is 1370. The van der Waals surface area contributed by atoms with Crippen LogP contribution in [-0.2, 0) is 35.9 Å². The number of carbonyl (C=O) groups excluding carboxylic acids is 1. The van der Waals surface area contributed by atoms with Crippen LogP contribution in [0.1, 0.15) is 50.3 Å². The maximum atomic E-state index is 14.3. The lowest BCUT2D eigenvalue weighted by molar-refractivity contribution is -0.141. The number of alkyl halides is 3. The molecule has 0 radical (unpaired) electrons. The smallest absolute Gasteiger partial charge is 0.416 e. The van der Waals surface area contributed by atoms with Crippen LogP contribution in [0.15, 0.2) is 76.9 Å². The highest BCUT2D eigenvalue weighted by atomic mass is 31.2. The molecule has 0 bridgehead atoms. The van der Waals surface area contributed by atoms with E-state index in [1.54, 1.807) is 13.8 Å². The lowest BCUT2D eigenvalue weighted by Crippen LogP contribution is -2.35. The Labute approximate surface area is 238 Å². The average molecular weight is 593 g/mol. The van der Waals surface area contributed by atoms with E-state index < -0.39 is 36.6 Å². The zero-order valence-electron chi connectivity index (χ0n) is 23.9. The monoisotopic (exact) mass is 592 g/mol. The number of hydrogen-bond donors (Lipinski definition) is 1. The molecular weight excluding hydrogens is 556 g/mol. The molecule has 1 unspecified atom stereocenters. The summed E-state index contributed by atoms with van der Waals surface area (Å²) in [4.78, 5) is 15.6. The summed E-state index contributed by atoms with van der Waals surface area (Å²) in [5.74, 6) is -2.17. The van der Waals surface area contributed by atoms with Crippen LogP contribution < -0.4 is 5.32 Å². The Hall–Kier alpha value is -2.91. The number of nitrogens with zero attached hydrogens (tertiary/aromatic N) is 1. The number of benzene rings is 2. The number of dihydropyridines is 1. The lowest BCUT2D eigenvalue weighted by atomic mass is 9.84. The zero-order valence-corrected chi connectivity index (χ0v) is 24.8. The maximum Gasteiger partial charge on any atom is 0.416 e. The zero-order chi connectivity index (χ0) is 30.0. The van der Waals surface area contributed by atoms with E-state index >= 15 is 0 Å². The second kappa shape index (κ2) is 12.1. The Morgan fingerprint density at radius 2 is 1.66 bits per heavy atom. The topological polar surface area (TPSA) is 77.1 Å². The first-order chi connectivity index (χ1) is 19.2. The van der Waals surface area contributed by atoms with Crippen LogP contribution >= 0.6 is 7.60 Å². The summed E-state index contributed by atoms with van der Waals surface area (Å²) in [7, 11) is -2.22. The molecule has 7 nitrogen and oxygen atoms in total. The van der Waals surface area contributed by atoms with Gasteiger partial charge < -0.3 is 19.1 Å². The summed E-state index contributed by atoms with van der Waals surface area (Å²) >= 11 is 0. The summed E-state index contributed by atoms with van der Waals surface area (Å²) in [6.45, 7) is 8.09. The van der Waals surface area contributed by atoms with Crippen molar-refractivity contribution in [2.75, 3.05) is 33.4 Å². The van der Waals surface area contributed by atoms with Crippen molar-refractivity contribution in [2.45, 2.75) is 46.3 Å². The number of ether oxygens (including phenoxy) is 1. The molecule has 41 heavy (non-hydrogen) atoms. The van der Waals surface area contributed by atoms with Crippen LogP contribution in [0.4, 0.5) is 13.2 Å². The van der Waals surface area contributed by atoms with Crippen molar-refractivity contribution in [3.63, 3.8) is 0 Å². The minimum absolute atomic E-state index is 0.00344. The molecule has 11 heteroatoms. The third-order valence-electron chi connectivity index (χ3n) is 7.07. The molecule has 2 aliphatic rings. The second-order valence-electron chi connectivity index (χ2n) is 11.3. The molecule has 0 saturated carbocycles. The first-order valence-corrected chi connectivity index (χ1v) is 14.9. The Morgan fingerprint density at radius 3 is 2.29 bits per heavy atom. The van der Waals surface area contributed by atoms with Crippen LogP contribution in [0.5, 0.6) is 0 Å². The van der Waals surface area contributed by atoms with Crippen molar-refractivity contribution >= 4 is 13.6 Å². The van der Waals surface area contributed by atoms with Crippen LogP contribution in [-0.4, -0.2) is 44.3 Å². The molecule has 0 aromatic heterocycles. The van der Waals surface area contributed by atoms with Gasteiger partial charge in [0.1, 0.15) is 6.61 Å². The number of halogens is 3. The third-order valence-corrected chi connectivity index (χ3v) is 9.19. The average Bonchev–Trinajstić information content (AvgIpc) is 2.90. The van der Waals surface area contributed by atoms with E-state index in [9.17, 15) is 22.5 Å². The molecule has 2 aromatic carbocycles. The molecular formula is C30H36F3N2O5P. The van der Waals surface area contributed by atoms with Gasteiger partial charge in [0.15, 0.2) is 0 Å². The van der Waals surface area contributed by atoms with Gasteiger partial charge in [-0.2, -0.15) is 13.2 Å². The predicted octanol–water partition coefficient (Wildman–Crippen LogP) is 6.84. The first-order valence-electron chi connectivity index (χ1n) is 13.4. The molecule has 1 N–H and O–H groups in total. The minimum atomic E-state index is -4.73. The number of hydrogen-bond acceptors (Lipinski definition) is 7. The van der Waals surface area contributed by atoms with Crippen LogP contribution in [0.3, 0.4) is 0 Å². The number of carbonyl (C=O) groups is 1. The highest BCUT2D eigenvalue weighted by Crippen LogP contribution is 2.67. The summed E-state index contributed by atoms with van der Waals surface area (Å²) < 4.78 is 74.1. The van der Waals surface area contributed by atoms with Crippen molar-refractivity contribution in [1.29, 1.82) is 0 Å². The largest absolute Gasteiger partial charge is 0.461 e. The van der Waals surface area contributed by atoms with Gasteiger partial charge in [-0.1, -0.05) is 62.4 Å². The fraction of sp³-hybridized carbons (Fsp3) is 0.433. The molecule has 0 aliphatic carbocycles. The van der Waals surface area contributed by atoms with Crippen LogP contribution in [0.25, 0.3) is 0 Å². The maximum absolute atomic E-state index is 14.3. The van der Waals surface area contributed by atoms with E-state index in [4.69, 9.17) is 13.8 Å². The number of rotatable bonds is 8. The molecule has 2 heterocycles. The standard InChI is InChI=1S/C30H36F3N2O5P/c1-20-25(28(36)38-16-15-35(5)17-22-11-7-6-8-12-22)26(23-13-9-10-14-24(23)30(31,32)33)27(21(2)34-20)41(37)39-18-29(3,4)19-40-41/h6-14,26,34H,15-19H2,1-5H3. The van der Waals surface area contributed by atoms with Gasteiger partial charge in [0, 0.05) is 29.9 Å². The SMILES string of the molecule is CC1=C(C(=O)OCCN(C)Cc2ccccc2)C(c2ccccc2C(F)(F)F)C(P2(=O)OCC(C)(C)CO2)=C(C)N1. The highest BCUT2D eigenvalue weighted by molar-refractivity contribution is 7.58. The summed E-state index contributed by atoms with van der Waals surface area (Å²) in [5, 5.41) is 3.00. The van der Waals surface area contributed by atoms with Crippen LogP contribution in [0, 0.1) is 5.41 Å². The van der Waals surface area contributed by atoms with E-state index in [1.165, 1.54) is 18.2 Å². The highest BCUT2D eigenvalue weighted by Gasteiger charge is 2.50. The molecule has 2 aliphatic heterocycles. The lowest BCUT2D eigenvalue weighted by Gasteiger charge is -2.40. The van der Waals surface area contributed by atoms with Crippen molar-refractivity contribution in [3.8, 4) is 0 Å².